The van der Waals surface area contributed by atoms with E-state index in [1.165, 1.54) is 29.0 Å². The van der Waals surface area contributed by atoms with Crippen LogP contribution >= 0.6 is 11.6 Å². The SMILES string of the molecule is O=c1[nH]c(=O)n(Cc2cccc([N+](=O)[O-])c2)cc1Cl. The van der Waals surface area contributed by atoms with E-state index >= 15 is 0 Å². The Labute approximate surface area is 111 Å². The molecule has 0 aliphatic heterocycles. The molecule has 0 amide bonds. The van der Waals surface area contributed by atoms with E-state index < -0.39 is 16.2 Å². The number of benzene rings is 1. The van der Waals surface area contributed by atoms with Gasteiger partial charge >= 0.3 is 5.69 Å². The van der Waals surface area contributed by atoms with E-state index in [0.717, 1.165) is 0 Å². The largest absolute Gasteiger partial charge is 0.328 e. The summed E-state index contributed by atoms with van der Waals surface area (Å²) >= 11 is 5.62. The molecule has 1 heterocycles. The van der Waals surface area contributed by atoms with E-state index in [9.17, 15) is 19.7 Å². The van der Waals surface area contributed by atoms with Crippen molar-refractivity contribution in [2.24, 2.45) is 0 Å². The number of aromatic amines is 1. The lowest BCUT2D eigenvalue weighted by Crippen LogP contribution is -2.29. The molecule has 0 spiro atoms. The molecule has 1 aromatic carbocycles. The normalized spacial score (nSPS) is 10.4. The third kappa shape index (κ3) is 2.89. The Balaban J connectivity index is 2.39. The molecule has 0 bridgehead atoms. The summed E-state index contributed by atoms with van der Waals surface area (Å²) < 4.78 is 1.17. The van der Waals surface area contributed by atoms with Gasteiger partial charge in [0.2, 0.25) is 0 Å². The lowest BCUT2D eigenvalue weighted by molar-refractivity contribution is -0.384. The van der Waals surface area contributed by atoms with Crippen LogP contribution in [0.15, 0.2) is 40.1 Å². The van der Waals surface area contributed by atoms with Gasteiger partial charge in [-0.05, 0) is 5.56 Å². The number of nitrogens with one attached hydrogen (secondary N) is 1. The van der Waals surface area contributed by atoms with Crippen LogP contribution in [0.1, 0.15) is 5.56 Å². The van der Waals surface area contributed by atoms with Gasteiger partial charge in [-0.25, -0.2) is 4.79 Å². The van der Waals surface area contributed by atoms with Crippen LogP contribution in [0.5, 0.6) is 0 Å². The fourth-order valence-electron chi connectivity index (χ4n) is 1.57. The van der Waals surface area contributed by atoms with Crippen molar-refractivity contribution in [3.63, 3.8) is 0 Å². The highest BCUT2D eigenvalue weighted by Crippen LogP contribution is 2.13. The zero-order chi connectivity index (χ0) is 14.0. The van der Waals surface area contributed by atoms with E-state index in [2.05, 4.69) is 4.98 Å². The average molecular weight is 282 g/mol. The van der Waals surface area contributed by atoms with Crippen molar-refractivity contribution < 1.29 is 4.92 Å². The lowest BCUT2D eigenvalue weighted by Gasteiger charge is -2.05. The molecule has 19 heavy (non-hydrogen) atoms. The Hall–Kier alpha value is -2.41. The van der Waals surface area contributed by atoms with Gasteiger partial charge in [-0.1, -0.05) is 23.7 Å². The third-order valence-electron chi connectivity index (χ3n) is 2.44. The Kier molecular flexibility index (Phi) is 3.48. The number of halogens is 1. The van der Waals surface area contributed by atoms with Crippen molar-refractivity contribution in [2.45, 2.75) is 6.54 Å². The smallest absolute Gasteiger partial charge is 0.295 e. The van der Waals surface area contributed by atoms with Gasteiger partial charge in [0.05, 0.1) is 11.5 Å². The maximum atomic E-state index is 11.5. The molecular weight excluding hydrogens is 274 g/mol. The van der Waals surface area contributed by atoms with Gasteiger partial charge < -0.3 is 0 Å². The van der Waals surface area contributed by atoms with Crippen molar-refractivity contribution in [3.05, 3.63) is 72.0 Å². The summed E-state index contributed by atoms with van der Waals surface area (Å²) in [5, 5.41) is 10.5. The van der Waals surface area contributed by atoms with E-state index in [0.29, 0.717) is 5.56 Å². The third-order valence-corrected chi connectivity index (χ3v) is 2.71. The fourth-order valence-corrected chi connectivity index (χ4v) is 1.73. The van der Waals surface area contributed by atoms with E-state index in [-0.39, 0.29) is 17.3 Å². The first kappa shape index (κ1) is 13.0. The van der Waals surface area contributed by atoms with Crippen molar-refractivity contribution in [1.82, 2.24) is 9.55 Å². The van der Waals surface area contributed by atoms with Crippen LogP contribution in [0.2, 0.25) is 5.02 Å². The van der Waals surface area contributed by atoms with Crippen LogP contribution < -0.4 is 11.2 Å². The monoisotopic (exact) mass is 281 g/mol. The zero-order valence-electron chi connectivity index (χ0n) is 9.50. The molecule has 0 saturated heterocycles. The molecule has 1 aromatic heterocycles. The molecule has 2 aromatic rings. The first-order valence-corrected chi connectivity index (χ1v) is 5.58. The van der Waals surface area contributed by atoms with E-state index in [4.69, 9.17) is 11.6 Å². The Morgan fingerprint density at radius 3 is 2.79 bits per heavy atom. The molecule has 7 nitrogen and oxygen atoms in total. The number of nitrogens with zero attached hydrogens (tertiary/aromatic N) is 2. The second-order valence-corrected chi connectivity index (χ2v) is 4.20. The summed E-state index contributed by atoms with van der Waals surface area (Å²) in [7, 11) is 0. The van der Waals surface area contributed by atoms with Crippen LogP contribution in [0, 0.1) is 10.1 Å². The van der Waals surface area contributed by atoms with Crippen LogP contribution in [-0.2, 0) is 6.54 Å². The maximum Gasteiger partial charge on any atom is 0.328 e. The van der Waals surface area contributed by atoms with Crippen LogP contribution in [0.4, 0.5) is 5.69 Å². The minimum Gasteiger partial charge on any atom is -0.295 e. The summed E-state index contributed by atoms with van der Waals surface area (Å²) in [5.74, 6) is 0. The standard InChI is InChI=1S/C11H8ClN3O4/c12-9-6-14(11(17)13-10(9)16)5-7-2-1-3-8(4-7)15(18)19/h1-4,6H,5H2,(H,13,16,17). The van der Waals surface area contributed by atoms with Gasteiger partial charge in [0, 0.05) is 18.3 Å². The van der Waals surface area contributed by atoms with Crippen molar-refractivity contribution in [1.29, 1.82) is 0 Å². The van der Waals surface area contributed by atoms with Gasteiger partial charge in [-0.3, -0.25) is 24.5 Å². The van der Waals surface area contributed by atoms with Crippen molar-refractivity contribution in [2.75, 3.05) is 0 Å². The predicted molar refractivity (Wildman–Crippen MR) is 68.5 cm³/mol. The second kappa shape index (κ2) is 5.07. The molecule has 2 rings (SSSR count). The van der Waals surface area contributed by atoms with Gasteiger partial charge in [-0.2, -0.15) is 0 Å². The minimum absolute atomic E-state index is 0.0685. The molecule has 0 saturated carbocycles. The predicted octanol–water partition coefficient (Wildman–Crippen LogP) is 1.15. The fraction of sp³-hybridized carbons (Fsp3) is 0.0909. The molecule has 8 heteroatoms. The summed E-state index contributed by atoms with van der Waals surface area (Å²) in [5.41, 5.74) is -0.802. The maximum absolute atomic E-state index is 11.5. The Morgan fingerprint density at radius 2 is 2.11 bits per heavy atom. The number of H-pyrrole nitrogens is 1. The van der Waals surface area contributed by atoms with E-state index in [1.807, 2.05) is 0 Å². The molecule has 98 valence electrons. The van der Waals surface area contributed by atoms with Gasteiger partial charge in [-0.15, -0.1) is 0 Å². The minimum atomic E-state index is -0.665. The van der Waals surface area contributed by atoms with Crippen molar-refractivity contribution in [3.8, 4) is 0 Å². The van der Waals surface area contributed by atoms with Crippen LogP contribution in [-0.4, -0.2) is 14.5 Å². The Morgan fingerprint density at radius 1 is 1.37 bits per heavy atom. The van der Waals surface area contributed by atoms with Crippen LogP contribution in [0.25, 0.3) is 0 Å². The number of aromatic nitrogens is 2. The Bertz CT molecular complexity index is 750. The quantitative estimate of drug-likeness (QED) is 0.674. The number of hydrogen-bond donors (Lipinski definition) is 1. The van der Waals surface area contributed by atoms with Gasteiger partial charge in [0.1, 0.15) is 5.02 Å². The summed E-state index contributed by atoms with van der Waals surface area (Å²) in [6.07, 6.45) is 1.20. The number of nitro groups is 1. The number of rotatable bonds is 3. The first-order chi connectivity index (χ1) is 8.97. The first-order valence-electron chi connectivity index (χ1n) is 5.20. The molecule has 0 radical (unpaired) electrons. The highest BCUT2D eigenvalue weighted by atomic mass is 35.5. The number of hydrogen-bond acceptors (Lipinski definition) is 4. The number of non-ortho nitro benzene ring substituents is 1. The summed E-state index contributed by atoms with van der Waals surface area (Å²) in [4.78, 5) is 34.8. The highest BCUT2D eigenvalue weighted by molar-refractivity contribution is 6.30. The average Bonchev–Trinajstić information content (AvgIpc) is 2.36. The molecule has 0 unspecified atom stereocenters. The summed E-state index contributed by atoms with van der Waals surface area (Å²) in [6.45, 7) is 0.0804. The topological polar surface area (TPSA) is 98.0 Å². The second-order valence-electron chi connectivity index (χ2n) is 3.79. The molecule has 0 aliphatic carbocycles. The van der Waals surface area contributed by atoms with E-state index in [1.54, 1.807) is 6.07 Å². The molecule has 1 N–H and O–H groups in total. The number of nitro benzene ring substituents is 1. The summed E-state index contributed by atoms with van der Waals surface area (Å²) in [6, 6.07) is 5.86. The van der Waals surface area contributed by atoms with Gasteiger partial charge in [0.25, 0.3) is 11.2 Å². The van der Waals surface area contributed by atoms with Gasteiger partial charge in [0.15, 0.2) is 0 Å². The highest BCUT2D eigenvalue weighted by Gasteiger charge is 2.07. The lowest BCUT2D eigenvalue weighted by atomic mass is 10.2. The van der Waals surface area contributed by atoms with Crippen LogP contribution in [0.3, 0.4) is 0 Å². The molecule has 0 fully saturated rings. The van der Waals surface area contributed by atoms with Crippen molar-refractivity contribution >= 4 is 17.3 Å². The zero-order valence-corrected chi connectivity index (χ0v) is 10.3. The molecule has 0 aliphatic rings. The molecular formula is C11H8ClN3O4. The molecule has 0 atom stereocenters.